The number of aromatic nitrogens is 1. The van der Waals surface area contributed by atoms with Gasteiger partial charge in [0.25, 0.3) is 5.91 Å². The number of rotatable bonds is 4. The van der Waals surface area contributed by atoms with Crippen molar-refractivity contribution in [2.75, 3.05) is 7.11 Å². The first kappa shape index (κ1) is 14.7. The molecule has 0 aliphatic carbocycles. The van der Waals surface area contributed by atoms with Crippen molar-refractivity contribution >= 4 is 11.9 Å². The molecular weight excluding hydrogens is 268 g/mol. The lowest BCUT2D eigenvalue weighted by Crippen LogP contribution is -2.26. The third-order valence-corrected chi connectivity index (χ3v) is 3.12. The highest BCUT2D eigenvalue weighted by molar-refractivity contribution is 5.96. The molecule has 1 aromatic carbocycles. The van der Waals surface area contributed by atoms with Gasteiger partial charge in [0.05, 0.1) is 18.7 Å². The molecule has 0 fully saturated rings. The van der Waals surface area contributed by atoms with Crippen LogP contribution in [0, 0.1) is 0 Å². The molecule has 2 aromatic rings. The Morgan fingerprint density at radius 3 is 2.19 bits per heavy atom. The Hall–Kier alpha value is -2.69. The molecule has 1 N–H and O–H groups in total. The number of amides is 1. The van der Waals surface area contributed by atoms with Crippen LogP contribution in [0.3, 0.4) is 0 Å². The van der Waals surface area contributed by atoms with Crippen LogP contribution < -0.4 is 5.32 Å². The van der Waals surface area contributed by atoms with E-state index in [0.717, 1.165) is 5.56 Å². The van der Waals surface area contributed by atoms with Gasteiger partial charge in [-0.15, -0.1) is 0 Å². The number of methoxy groups -OCH3 is 1. The topological polar surface area (TPSA) is 68.3 Å². The minimum absolute atomic E-state index is 0.124. The monoisotopic (exact) mass is 284 g/mol. The summed E-state index contributed by atoms with van der Waals surface area (Å²) >= 11 is 0. The maximum absolute atomic E-state index is 12.1. The number of ether oxygens (including phenoxy) is 1. The molecule has 108 valence electrons. The highest BCUT2D eigenvalue weighted by atomic mass is 16.5. The summed E-state index contributed by atoms with van der Waals surface area (Å²) in [7, 11) is 1.32. The summed E-state index contributed by atoms with van der Waals surface area (Å²) in [6.45, 7) is 1.90. The zero-order valence-electron chi connectivity index (χ0n) is 11.9. The van der Waals surface area contributed by atoms with Gasteiger partial charge in [-0.25, -0.2) is 4.79 Å². The Bertz CT molecular complexity index is 624. The highest BCUT2D eigenvalue weighted by Crippen LogP contribution is 2.12. The lowest BCUT2D eigenvalue weighted by atomic mass is 10.1. The van der Waals surface area contributed by atoms with Gasteiger partial charge < -0.3 is 10.1 Å². The van der Waals surface area contributed by atoms with Crippen LogP contribution in [-0.2, 0) is 4.74 Å². The minimum atomic E-state index is -0.424. The molecule has 1 heterocycles. The molecule has 0 spiro atoms. The van der Waals surface area contributed by atoms with E-state index in [4.69, 9.17) is 0 Å². The zero-order valence-corrected chi connectivity index (χ0v) is 11.9. The van der Waals surface area contributed by atoms with Gasteiger partial charge in [-0.1, -0.05) is 0 Å². The Kier molecular flexibility index (Phi) is 4.66. The van der Waals surface area contributed by atoms with Crippen molar-refractivity contribution < 1.29 is 14.3 Å². The van der Waals surface area contributed by atoms with Crippen LogP contribution in [0.2, 0.25) is 0 Å². The lowest BCUT2D eigenvalue weighted by Gasteiger charge is -2.14. The number of pyridine rings is 1. The van der Waals surface area contributed by atoms with Crippen LogP contribution in [0.15, 0.2) is 48.8 Å². The standard InChI is InChI=1S/C16H16N2O3/c1-11(12-7-9-17-10-8-12)18-15(19)13-3-5-14(6-4-13)16(20)21-2/h3-11H,1-2H3,(H,18,19). The fourth-order valence-corrected chi connectivity index (χ4v) is 1.89. The highest BCUT2D eigenvalue weighted by Gasteiger charge is 2.12. The van der Waals surface area contributed by atoms with Gasteiger partial charge in [0, 0.05) is 18.0 Å². The first-order chi connectivity index (χ1) is 10.1. The summed E-state index contributed by atoms with van der Waals surface area (Å²) < 4.78 is 4.61. The molecule has 1 unspecified atom stereocenters. The molecule has 5 heteroatoms. The maximum Gasteiger partial charge on any atom is 0.337 e. The van der Waals surface area contributed by atoms with Crippen molar-refractivity contribution in [1.82, 2.24) is 10.3 Å². The van der Waals surface area contributed by atoms with Crippen LogP contribution in [-0.4, -0.2) is 24.0 Å². The van der Waals surface area contributed by atoms with Gasteiger partial charge in [-0.2, -0.15) is 0 Å². The van der Waals surface area contributed by atoms with Crippen LogP contribution in [0.1, 0.15) is 39.2 Å². The van der Waals surface area contributed by atoms with Crippen molar-refractivity contribution in [3.05, 3.63) is 65.5 Å². The molecule has 0 saturated carbocycles. The first-order valence-electron chi connectivity index (χ1n) is 6.51. The Morgan fingerprint density at radius 2 is 1.62 bits per heavy atom. The van der Waals surface area contributed by atoms with E-state index in [1.807, 2.05) is 19.1 Å². The predicted molar refractivity (Wildman–Crippen MR) is 77.9 cm³/mol. The molecule has 0 bridgehead atoms. The van der Waals surface area contributed by atoms with E-state index >= 15 is 0 Å². The lowest BCUT2D eigenvalue weighted by molar-refractivity contribution is 0.0600. The second kappa shape index (κ2) is 6.65. The van der Waals surface area contributed by atoms with Crippen LogP contribution in [0.25, 0.3) is 0 Å². The van der Waals surface area contributed by atoms with Crippen molar-refractivity contribution in [3.8, 4) is 0 Å². The Labute approximate surface area is 123 Å². The van der Waals surface area contributed by atoms with Crippen LogP contribution in [0.4, 0.5) is 0 Å². The summed E-state index contributed by atoms with van der Waals surface area (Å²) in [4.78, 5) is 27.4. The summed E-state index contributed by atoms with van der Waals surface area (Å²) in [5.74, 6) is -0.622. The number of carbonyl (C=O) groups is 2. The maximum atomic E-state index is 12.1. The molecule has 5 nitrogen and oxygen atoms in total. The number of benzene rings is 1. The molecule has 1 atom stereocenters. The molecule has 1 amide bonds. The van der Waals surface area contributed by atoms with Crippen molar-refractivity contribution in [3.63, 3.8) is 0 Å². The molecule has 0 radical (unpaired) electrons. The van der Waals surface area contributed by atoms with Crippen molar-refractivity contribution in [2.24, 2.45) is 0 Å². The van der Waals surface area contributed by atoms with Crippen LogP contribution in [0.5, 0.6) is 0 Å². The van der Waals surface area contributed by atoms with Gasteiger partial charge in [0.1, 0.15) is 0 Å². The molecule has 0 aliphatic heterocycles. The SMILES string of the molecule is COC(=O)c1ccc(C(=O)NC(C)c2ccncc2)cc1. The first-order valence-corrected chi connectivity index (χ1v) is 6.51. The van der Waals surface area contributed by atoms with Gasteiger partial charge >= 0.3 is 5.97 Å². The van der Waals surface area contributed by atoms with Gasteiger partial charge in [-0.3, -0.25) is 9.78 Å². The summed E-state index contributed by atoms with van der Waals surface area (Å²) in [6, 6.07) is 9.91. The number of carbonyl (C=O) groups excluding carboxylic acids is 2. The van der Waals surface area contributed by atoms with E-state index in [1.54, 1.807) is 36.7 Å². The molecule has 2 rings (SSSR count). The molecule has 0 aliphatic rings. The summed E-state index contributed by atoms with van der Waals surface area (Å²) in [5, 5.41) is 2.89. The average molecular weight is 284 g/mol. The third-order valence-electron chi connectivity index (χ3n) is 3.12. The Balaban J connectivity index is 2.05. The summed E-state index contributed by atoms with van der Waals surface area (Å²) in [5.41, 5.74) is 1.88. The Morgan fingerprint density at radius 1 is 1.05 bits per heavy atom. The third kappa shape index (κ3) is 3.66. The van der Waals surface area contributed by atoms with Gasteiger partial charge in [0.15, 0.2) is 0 Å². The van der Waals surface area contributed by atoms with E-state index < -0.39 is 5.97 Å². The second-order valence-electron chi connectivity index (χ2n) is 4.54. The predicted octanol–water partition coefficient (Wildman–Crippen LogP) is 2.36. The van der Waals surface area contributed by atoms with Gasteiger partial charge in [0.2, 0.25) is 0 Å². The quantitative estimate of drug-likeness (QED) is 0.875. The second-order valence-corrected chi connectivity index (χ2v) is 4.54. The van der Waals surface area contributed by atoms with Gasteiger partial charge in [-0.05, 0) is 48.9 Å². The van der Waals surface area contributed by atoms with Crippen molar-refractivity contribution in [1.29, 1.82) is 0 Å². The zero-order chi connectivity index (χ0) is 15.2. The summed E-state index contributed by atoms with van der Waals surface area (Å²) in [6.07, 6.45) is 3.37. The fraction of sp³-hybridized carbons (Fsp3) is 0.188. The van der Waals surface area contributed by atoms with E-state index in [-0.39, 0.29) is 11.9 Å². The van der Waals surface area contributed by atoms with Crippen LogP contribution >= 0.6 is 0 Å². The number of esters is 1. The molecule has 1 aromatic heterocycles. The fourth-order valence-electron chi connectivity index (χ4n) is 1.89. The van der Waals surface area contributed by atoms with E-state index in [0.29, 0.717) is 11.1 Å². The molecular formula is C16H16N2O3. The molecule has 0 saturated heterocycles. The largest absolute Gasteiger partial charge is 0.465 e. The molecule has 21 heavy (non-hydrogen) atoms. The normalized spacial score (nSPS) is 11.5. The number of hydrogen-bond donors (Lipinski definition) is 1. The van der Waals surface area contributed by atoms with Crippen molar-refractivity contribution in [2.45, 2.75) is 13.0 Å². The smallest absolute Gasteiger partial charge is 0.337 e. The minimum Gasteiger partial charge on any atom is -0.465 e. The number of hydrogen-bond acceptors (Lipinski definition) is 4. The van der Waals surface area contributed by atoms with E-state index in [1.165, 1.54) is 7.11 Å². The average Bonchev–Trinajstić information content (AvgIpc) is 2.55. The van der Waals surface area contributed by atoms with E-state index in [2.05, 4.69) is 15.0 Å². The van der Waals surface area contributed by atoms with E-state index in [9.17, 15) is 9.59 Å². The number of nitrogens with one attached hydrogen (secondary N) is 1. The number of nitrogens with zero attached hydrogens (tertiary/aromatic N) is 1.